The number of aromatic nitrogens is 2. The van der Waals surface area contributed by atoms with E-state index >= 15 is 0 Å². The third-order valence-electron chi connectivity index (χ3n) is 5.65. The molecule has 0 fully saturated rings. The van der Waals surface area contributed by atoms with Crippen molar-refractivity contribution < 1.29 is 35.6 Å². The molecule has 0 aliphatic heterocycles. The Bertz CT molecular complexity index is 1320. The highest BCUT2D eigenvalue weighted by Gasteiger charge is 2.56. The molecule has 0 saturated carbocycles. The third kappa shape index (κ3) is 5.40. The predicted octanol–water partition coefficient (Wildman–Crippen LogP) is 4.05. The standard InChI is InChI=1S/C22H24F4N2O4S2/c1-20(2,16-6-5-14(23)9-18(16)34(4,31)32)12-21(29,22(24,25)26)10-15-7-13-8-19(33(3)30)27-11-17(13)28-15/h5-9,11,28-29H,10,12H2,1-4H3/t21-,33?/m0/s1. The number of hydrogen-bond acceptors (Lipinski definition) is 5. The number of halogens is 4. The molecule has 0 radical (unpaired) electrons. The minimum atomic E-state index is -5.07. The predicted molar refractivity (Wildman–Crippen MR) is 120 cm³/mol. The topological polar surface area (TPSA) is 106 Å². The lowest BCUT2D eigenvalue weighted by Crippen LogP contribution is -2.51. The highest BCUT2D eigenvalue weighted by Crippen LogP contribution is 2.44. The lowest BCUT2D eigenvalue weighted by Gasteiger charge is -2.38. The number of pyridine rings is 1. The molecule has 2 aromatic heterocycles. The van der Waals surface area contributed by atoms with Gasteiger partial charge >= 0.3 is 6.18 Å². The van der Waals surface area contributed by atoms with Gasteiger partial charge in [0.2, 0.25) is 5.03 Å². The lowest BCUT2D eigenvalue weighted by molar-refractivity contribution is -0.266. The second kappa shape index (κ2) is 8.81. The van der Waals surface area contributed by atoms with Crippen molar-refractivity contribution >= 4 is 31.9 Å². The average molecular weight is 521 g/mol. The Balaban J connectivity index is 2.03. The normalized spacial score (nSPS) is 15.9. The molecule has 3 aromatic rings. The molecule has 2 atom stereocenters. The van der Waals surface area contributed by atoms with Crippen LogP contribution in [0, 0.1) is 5.82 Å². The molecule has 3 rings (SSSR count). The molecule has 0 spiro atoms. The van der Waals surface area contributed by atoms with Crippen LogP contribution in [0.1, 0.15) is 31.5 Å². The molecule has 0 aliphatic carbocycles. The molecule has 6 nitrogen and oxygen atoms in total. The molecule has 34 heavy (non-hydrogen) atoms. The number of benzene rings is 1. The third-order valence-corrected chi connectivity index (χ3v) is 7.60. The molecule has 0 saturated heterocycles. The zero-order valence-electron chi connectivity index (χ0n) is 18.8. The van der Waals surface area contributed by atoms with Gasteiger partial charge in [0.05, 0.1) is 16.6 Å². The van der Waals surface area contributed by atoms with Gasteiger partial charge in [0.15, 0.2) is 15.4 Å². The number of hydrogen-bond donors (Lipinski definition) is 2. The molecule has 2 heterocycles. The van der Waals surface area contributed by atoms with Crippen molar-refractivity contribution in [1.29, 1.82) is 0 Å². The summed E-state index contributed by atoms with van der Waals surface area (Å²) in [6, 6.07) is 5.76. The van der Waals surface area contributed by atoms with Gasteiger partial charge in [0, 0.05) is 41.0 Å². The Morgan fingerprint density at radius 1 is 1.18 bits per heavy atom. The number of aliphatic hydroxyl groups is 1. The van der Waals surface area contributed by atoms with Crippen LogP contribution in [-0.2, 0) is 32.8 Å². The molecule has 0 bridgehead atoms. The molecule has 2 N–H and O–H groups in total. The molecular weight excluding hydrogens is 496 g/mol. The molecule has 0 amide bonds. The number of H-pyrrole nitrogens is 1. The van der Waals surface area contributed by atoms with E-state index in [1.165, 1.54) is 38.4 Å². The summed E-state index contributed by atoms with van der Waals surface area (Å²) in [5.74, 6) is -0.842. The minimum absolute atomic E-state index is 0.0324. The van der Waals surface area contributed by atoms with E-state index in [-0.39, 0.29) is 16.3 Å². The van der Waals surface area contributed by atoms with Gasteiger partial charge in [-0.25, -0.2) is 17.8 Å². The maximum Gasteiger partial charge on any atom is 0.417 e. The summed E-state index contributed by atoms with van der Waals surface area (Å²) in [5, 5.41) is 11.6. The molecule has 1 unspecified atom stereocenters. The summed E-state index contributed by atoms with van der Waals surface area (Å²) in [6.45, 7) is 2.73. The fourth-order valence-electron chi connectivity index (χ4n) is 4.09. The summed E-state index contributed by atoms with van der Waals surface area (Å²) in [5.41, 5.74) is -4.31. The van der Waals surface area contributed by atoms with Gasteiger partial charge in [-0.05, 0) is 35.6 Å². The molecule has 0 aliphatic rings. The van der Waals surface area contributed by atoms with Crippen molar-refractivity contribution in [3.05, 3.63) is 53.6 Å². The summed E-state index contributed by atoms with van der Waals surface area (Å²) < 4.78 is 92.3. The summed E-state index contributed by atoms with van der Waals surface area (Å²) >= 11 is -1.39. The number of rotatable bonds is 7. The number of nitrogens with zero attached hydrogens (tertiary/aromatic N) is 1. The van der Waals surface area contributed by atoms with E-state index in [1.54, 1.807) is 0 Å². The first-order chi connectivity index (χ1) is 15.4. The van der Waals surface area contributed by atoms with Crippen LogP contribution in [0.3, 0.4) is 0 Å². The van der Waals surface area contributed by atoms with E-state index in [4.69, 9.17) is 0 Å². The number of fused-ring (bicyclic) bond motifs is 1. The first kappa shape index (κ1) is 26.5. The fraction of sp³-hybridized carbons (Fsp3) is 0.409. The number of sulfone groups is 1. The van der Waals surface area contributed by atoms with E-state index in [1.807, 2.05) is 0 Å². The van der Waals surface area contributed by atoms with E-state index < -0.39 is 61.8 Å². The van der Waals surface area contributed by atoms with Crippen LogP contribution in [0.2, 0.25) is 0 Å². The Kier molecular flexibility index (Phi) is 6.86. The van der Waals surface area contributed by atoms with Gasteiger partial charge in [-0.15, -0.1) is 0 Å². The summed E-state index contributed by atoms with van der Waals surface area (Å²) in [6.07, 6.45) is -3.20. The van der Waals surface area contributed by atoms with Crippen molar-refractivity contribution in [1.82, 2.24) is 9.97 Å². The van der Waals surface area contributed by atoms with E-state index in [9.17, 15) is 35.6 Å². The monoisotopic (exact) mass is 520 g/mol. The van der Waals surface area contributed by atoms with E-state index in [0.29, 0.717) is 10.9 Å². The van der Waals surface area contributed by atoms with Crippen LogP contribution in [0.15, 0.2) is 46.5 Å². The quantitative estimate of drug-likeness (QED) is 0.361. The minimum Gasteiger partial charge on any atom is -0.610 e. The van der Waals surface area contributed by atoms with Gasteiger partial charge in [0.25, 0.3) is 0 Å². The number of aromatic amines is 1. The van der Waals surface area contributed by atoms with Crippen LogP contribution < -0.4 is 0 Å². The van der Waals surface area contributed by atoms with Crippen LogP contribution in [-0.4, -0.2) is 52.3 Å². The fourth-order valence-corrected chi connectivity index (χ4v) is 5.65. The Hall–Kier alpha value is -2.15. The van der Waals surface area contributed by atoms with Crippen LogP contribution in [0.5, 0.6) is 0 Å². The van der Waals surface area contributed by atoms with Crippen molar-refractivity contribution in [3.63, 3.8) is 0 Å². The first-order valence-electron chi connectivity index (χ1n) is 10.0. The summed E-state index contributed by atoms with van der Waals surface area (Å²) in [7, 11) is -3.96. The van der Waals surface area contributed by atoms with E-state index in [0.717, 1.165) is 24.5 Å². The largest absolute Gasteiger partial charge is 0.610 e. The highest BCUT2D eigenvalue weighted by atomic mass is 32.2. The second-order valence-corrected chi connectivity index (χ2v) is 12.3. The second-order valence-electron chi connectivity index (χ2n) is 9.04. The van der Waals surface area contributed by atoms with Crippen molar-refractivity contribution in [2.75, 3.05) is 12.5 Å². The van der Waals surface area contributed by atoms with E-state index in [2.05, 4.69) is 9.97 Å². The van der Waals surface area contributed by atoms with Crippen LogP contribution >= 0.6 is 0 Å². The molecular formula is C22H24F4N2O4S2. The molecule has 186 valence electrons. The van der Waals surface area contributed by atoms with Crippen molar-refractivity contribution in [2.45, 2.75) is 53.8 Å². The van der Waals surface area contributed by atoms with Gasteiger partial charge in [-0.1, -0.05) is 19.9 Å². The smallest absolute Gasteiger partial charge is 0.417 e. The zero-order chi connectivity index (χ0) is 25.7. The van der Waals surface area contributed by atoms with Crippen LogP contribution in [0.4, 0.5) is 17.6 Å². The first-order valence-corrected chi connectivity index (χ1v) is 13.5. The van der Waals surface area contributed by atoms with Gasteiger partial charge in [0.1, 0.15) is 12.1 Å². The molecule has 12 heteroatoms. The van der Waals surface area contributed by atoms with Gasteiger partial charge < -0.3 is 14.6 Å². The number of nitrogens with one attached hydrogen (secondary N) is 1. The zero-order valence-corrected chi connectivity index (χ0v) is 20.5. The average Bonchev–Trinajstić information content (AvgIpc) is 3.06. The van der Waals surface area contributed by atoms with Gasteiger partial charge in [-0.3, -0.25) is 0 Å². The number of alkyl halides is 3. The van der Waals surface area contributed by atoms with Crippen molar-refractivity contribution in [2.24, 2.45) is 0 Å². The maximum absolute atomic E-state index is 14.2. The van der Waals surface area contributed by atoms with Gasteiger partial charge in [-0.2, -0.15) is 13.2 Å². The van der Waals surface area contributed by atoms with Crippen molar-refractivity contribution in [3.8, 4) is 0 Å². The Morgan fingerprint density at radius 2 is 1.82 bits per heavy atom. The SMILES string of the molecule is C[S+]([O-])c1cc2cc(C[C@](O)(CC(C)(C)c3ccc(F)cc3S(C)(=O)=O)C(F)(F)F)[nH]c2cn1. The van der Waals surface area contributed by atoms with Crippen LogP contribution in [0.25, 0.3) is 10.9 Å². The maximum atomic E-state index is 14.2. The highest BCUT2D eigenvalue weighted by molar-refractivity contribution is 7.91. The Morgan fingerprint density at radius 3 is 2.38 bits per heavy atom. The Labute approximate surface area is 197 Å². The molecule has 1 aromatic carbocycles. The summed E-state index contributed by atoms with van der Waals surface area (Å²) in [4.78, 5) is 6.36. The lowest BCUT2D eigenvalue weighted by atomic mass is 9.73.